The number of hydrogen-bond acceptors (Lipinski definition) is 10. The van der Waals surface area contributed by atoms with Crippen LogP contribution in [0, 0.1) is 0 Å². The Morgan fingerprint density at radius 3 is 1.54 bits per heavy atom. The molecule has 1 saturated heterocycles. The molecule has 5 atom stereocenters. The van der Waals surface area contributed by atoms with E-state index in [1.165, 1.54) is 38.5 Å². The van der Waals surface area contributed by atoms with Crippen molar-refractivity contribution in [3.63, 3.8) is 0 Å². The Bertz CT molecular complexity index is 1390. The van der Waals surface area contributed by atoms with Crippen LogP contribution in [-0.2, 0) is 42.2 Å². The summed E-state index contributed by atoms with van der Waals surface area (Å²) in [4.78, 5) is 46.0. The summed E-state index contributed by atoms with van der Waals surface area (Å²) in [6.07, 6.45) is 46.8. The Balaban J connectivity index is 2.39. The number of unbranched alkanes of at least 4 members (excludes halogenated alkanes) is 8. The molecular formula is C46H74NO11P. The molecule has 4 N–H and O–H groups in total. The maximum Gasteiger partial charge on any atom is 0.472 e. The minimum Gasteiger partial charge on any atom is -0.480 e. The summed E-state index contributed by atoms with van der Waals surface area (Å²) < 4.78 is 38.3. The minimum atomic E-state index is -4.76. The molecule has 0 bridgehead atoms. The van der Waals surface area contributed by atoms with E-state index in [0.29, 0.717) is 25.7 Å². The number of carbonyl (C=O) groups is 3. The summed E-state index contributed by atoms with van der Waals surface area (Å²) in [5.74, 6) is -2.55. The standard InChI is InChI=1S/C46H74NO11P/c1-3-5-7-9-11-13-14-15-16-17-18-19-20-22-24-26-31-35-44(48)54-37-40(38-55-59(52,53)56-39-41(47)46(50)51)57-45(49)36-32-28-27-30-34-43-42(58-43)33-29-25-23-21-12-10-8-6-4-2/h11-13,15-16,18-19,21-22,24-25,27,29-30,40-43H,3-10,14,17,20,23,26,28,31-39,47H2,1-2H3,(H,50,51)(H,52,53)/b13-11-,16-15-,19-18-,21-12-,24-22-,29-25-,30-27-/t40-,41+,42?,43?/m1/s1. The zero-order valence-corrected chi connectivity index (χ0v) is 36.6. The molecule has 0 amide bonds. The van der Waals surface area contributed by atoms with E-state index in [4.69, 9.17) is 29.6 Å². The van der Waals surface area contributed by atoms with E-state index in [2.05, 4.69) is 79.1 Å². The third-order valence-corrected chi connectivity index (χ3v) is 9.97. The Kier molecular flexibility index (Phi) is 33.2. The van der Waals surface area contributed by atoms with Crippen LogP contribution in [0.5, 0.6) is 0 Å². The Hall–Kier alpha value is -3.38. The van der Waals surface area contributed by atoms with Crippen LogP contribution >= 0.6 is 7.82 Å². The van der Waals surface area contributed by atoms with Crippen LogP contribution < -0.4 is 5.73 Å². The van der Waals surface area contributed by atoms with Gasteiger partial charge in [0, 0.05) is 12.8 Å². The predicted octanol–water partition coefficient (Wildman–Crippen LogP) is 10.5. The number of allylic oxidation sites excluding steroid dienone is 12. The third-order valence-electron chi connectivity index (χ3n) is 9.02. The molecular weight excluding hydrogens is 773 g/mol. The monoisotopic (exact) mass is 847 g/mol. The van der Waals surface area contributed by atoms with Gasteiger partial charge >= 0.3 is 25.7 Å². The van der Waals surface area contributed by atoms with Gasteiger partial charge in [-0.05, 0) is 89.9 Å². The first-order valence-corrected chi connectivity index (χ1v) is 23.2. The highest BCUT2D eigenvalue weighted by molar-refractivity contribution is 7.47. The van der Waals surface area contributed by atoms with Gasteiger partial charge in [-0.2, -0.15) is 0 Å². The molecule has 0 spiro atoms. The molecule has 3 unspecified atom stereocenters. The Labute approximate surface area is 354 Å². The molecule has 0 aromatic heterocycles. The summed E-state index contributed by atoms with van der Waals surface area (Å²) in [5, 5.41) is 8.89. The van der Waals surface area contributed by atoms with Gasteiger partial charge in [0.1, 0.15) is 12.6 Å². The van der Waals surface area contributed by atoms with Crippen molar-refractivity contribution in [3.8, 4) is 0 Å². The molecule has 1 aliphatic heterocycles. The molecule has 1 rings (SSSR count). The average molecular weight is 848 g/mol. The molecule has 1 heterocycles. The second kappa shape index (κ2) is 36.5. The van der Waals surface area contributed by atoms with E-state index in [1.807, 2.05) is 24.3 Å². The van der Waals surface area contributed by atoms with E-state index in [1.54, 1.807) is 0 Å². The van der Waals surface area contributed by atoms with Gasteiger partial charge in [0.05, 0.1) is 25.4 Å². The molecule has 12 nitrogen and oxygen atoms in total. The quantitative estimate of drug-likeness (QED) is 0.0176. The number of carboxylic acid groups (broad SMARTS) is 1. The number of ether oxygens (including phenoxy) is 3. The van der Waals surface area contributed by atoms with Gasteiger partial charge in [0.2, 0.25) is 0 Å². The number of rotatable bonds is 38. The third kappa shape index (κ3) is 34.1. The largest absolute Gasteiger partial charge is 0.480 e. The number of carbonyl (C=O) groups excluding carboxylic acids is 2. The van der Waals surface area contributed by atoms with Crippen molar-refractivity contribution in [3.05, 3.63) is 85.1 Å². The van der Waals surface area contributed by atoms with Crippen molar-refractivity contribution in [1.29, 1.82) is 0 Å². The molecule has 0 aliphatic carbocycles. The molecule has 0 radical (unpaired) electrons. The SMILES string of the molecule is CCCCC/C=C\C/C=C\C/C=C\C/C=C\CCCC(=O)OC[C@H](COP(=O)(O)OC[C@H](N)C(=O)O)OC(=O)CCC/C=C\CC1OC1C/C=C\C/C=C\CCCCC. The number of epoxide rings is 1. The summed E-state index contributed by atoms with van der Waals surface area (Å²) in [6, 6.07) is -1.54. The van der Waals surface area contributed by atoms with Gasteiger partial charge in [0.15, 0.2) is 6.10 Å². The predicted molar refractivity (Wildman–Crippen MR) is 235 cm³/mol. The number of hydrogen-bond donors (Lipinski definition) is 3. The van der Waals surface area contributed by atoms with Crippen molar-refractivity contribution in [2.75, 3.05) is 19.8 Å². The highest BCUT2D eigenvalue weighted by Crippen LogP contribution is 2.43. The molecule has 1 aliphatic rings. The lowest BCUT2D eigenvalue weighted by Gasteiger charge is -2.20. The first-order chi connectivity index (χ1) is 28.6. The van der Waals surface area contributed by atoms with Crippen LogP contribution in [0.15, 0.2) is 85.1 Å². The van der Waals surface area contributed by atoms with Crippen molar-refractivity contribution >= 4 is 25.7 Å². The Morgan fingerprint density at radius 1 is 0.610 bits per heavy atom. The Morgan fingerprint density at radius 2 is 1.03 bits per heavy atom. The maximum absolute atomic E-state index is 12.6. The van der Waals surface area contributed by atoms with Crippen LogP contribution in [0.1, 0.15) is 142 Å². The zero-order chi connectivity index (χ0) is 43.2. The minimum absolute atomic E-state index is 0.0605. The molecule has 59 heavy (non-hydrogen) atoms. The van der Waals surface area contributed by atoms with Gasteiger partial charge in [-0.25, -0.2) is 4.57 Å². The first kappa shape index (κ1) is 53.6. The number of esters is 2. The molecule has 334 valence electrons. The van der Waals surface area contributed by atoms with Gasteiger partial charge in [-0.3, -0.25) is 23.4 Å². The van der Waals surface area contributed by atoms with Crippen LogP contribution in [0.2, 0.25) is 0 Å². The fourth-order valence-corrected chi connectivity index (χ4v) is 6.22. The fourth-order valence-electron chi connectivity index (χ4n) is 5.44. The van der Waals surface area contributed by atoms with Gasteiger partial charge in [-0.1, -0.05) is 125 Å². The van der Waals surface area contributed by atoms with Crippen molar-refractivity contribution in [2.24, 2.45) is 5.73 Å². The summed E-state index contributed by atoms with van der Waals surface area (Å²) in [6.45, 7) is 2.60. The van der Waals surface area contributed by atoms with Crippen molar-refractivity contribution < 1.29 is 52.2 Å². The number of phosphoric acid groups is 1. The lowest BCUT2D eigenvalue weighted by molar-refractivity contribution is -0.161. The maximum atomic E-state index is 12.6. The molecule has 13 heteroatoms. The molecule has 0 aromatic rings. The summed E-state index contributed by atoms with van der Waals surface area (Å²) >= 11 is 0. The molecule has 0 saturated carbocycles. The van der Waals surface area contributed by atoms with Crippen LogP contribution in [0.4, 0.5) is 0 Å². The van der Waals surface area contributed by atoms with E-state index in [0.717, 1.165) is 51.4 Å². The lowest BCUT2D eigenvalue weighted by atomic mass is 10.1. The smallest absolute Gasteiger partial charge is 0.472 e. The highest BCUT2D eigenvalue weighted by atomic mass is 31.2. The van der Waals surface area contributed by atoms with E-state index in [9.17, 15) is 23.8 Å². The summed E-state index contributed by atoms with van der Waals surface area (Å²) in [7, 11) is -4.76. The zero-order valence-electron chi connectivity index (χ0n) is 35.7. The molecule has 1 fully saturated rings. The van der Waals surface area contributed by atoms with E-state index in [-0.39, 0.29) is 25.0 Å². The van der Waals surface area contributed by atoms with Crippen LogP contribution in [0.25, 0.3) is 0 Å². The lowest BCUT2D eigenvalue weighted by Crippen LogP contribution is -2.34. The first-order valence-electron chi connectivity index (χ1n) is 21.7. The number of nitrogens with two attached hydrogens (primary N) is 1. The normalized spacial score (nSPS) is 18.0. The van der Waals surface area contributed by atoms with Crippen LogP contribution in [0.3, 0.4) is 0 Å². The number of carboxylic acids is 1. The second-order valence-electron chi connectivity index (χ2n) is 14.5. The summed E-state index contributed by atoms with van der Waals surface area (Å²) in [5.41, 5.74) is 5.33. The fraction of sp³-hybridized carbons (Fsp3) is 0.630. The number of aliphatic carboxylic acids is 1. The average Bonchev–Trinajstić information content (AvgIpc) is 3.97. The molecule has 0 aromatic carbocycles. The van der Waals surface area contributed by atoms with E-state index < -0.39 is 57.7 Å². The van der Waals surface area contributed by atoms with Gasteiger partial charge in [0.25, 0.3) is 0 Å². The topological polar surface area (TPSA) is 184 Å². The van der Waals surface area contributed by atoms with Crippen molar-refractivity contribution in [1.82, 2.24) is 0 Å². The highest BCUT2D eigenvalue weighted by Gasteiger charge is 2.36. The van der Waals surface area contributed by atoms with E-state index >= 15 is 0 Å². The van der Waals surface area contributed by atoms with Crippen LogP contribution in [-0.4, -0.2) is 72.1 Å². The number of phosphoric ester groups is 1. The van der Waals surface area contributed by atoms with Crippen molar-refractivity contribution in [2.45, 2.75) is 167 Å². The van der Waals surface area contributed by atoms with Gasteiger partial charge < -0.3 is 29.9 Å². The van der Waals surface area contributed by atoms with Gasteiger partial charge in [-0.15, -0.1) is 0 Å². The second-order valence-corrected chi connectivity index (χ2v) is 16.0.